The van der Waals surface area contributed by atoms with Crippen LogP contribution in [-0.4, -0.2) is 0 Å². The van der Waals surface area contributed by atoms with Gasteiger partial charge in [0.2, 0.25) is 0 Å². The molecule has 5 heteroatoms. The van der Waals surface area contributed by atoms with Gasteiger partial charge in [0.25, 0.3) is 0 Å². The number of hydrogen-bond acceptors (Lipinski definition) is 0. The molecule has 0 fully saturated rings. The third-order valence-corrected chi connectivity index (χ3v) is 179. The molecular weight excluding hydrogens is 1470 g/mol. The van der Waals surface area contributed by atoms with Crippen molar-refractivity contribution in [1.82, 2.24) is 0 Å². The molecule has 0 aliphatic heterocycles. The Morgan fingerprint density at radius 1 is 0.0891 bits per heavy atom. The first-order valence-corrected chi connectivity index (χ1v) is 55.2. The van der Waals surface area contributed by atoms with E-state index in [1.807, 2.05) is 0 Å². The van der Waals surface area contributed by atoms with Crippen molar-refractivity contribution in [3.63, 3.8) is 0 Å². The van der Waals surface area contributed by atoms with Gasteiger partial charge in [0.15, 0.2) is 0 Å². The zero-order chi connectivity index (χ0) is 68.1. The van der Waals surface area contributed by atoms with Crippen LogP contribution >= 0.6 is 18.8 Å². The molecule has 0 radical (unpaired) electrons. The first-order chi connectivity index (χ1) is 50.1. The Balaban J connectivity index is 1.63. The molecule has 0 aliphatic rings. The second kappa shape index (κ2) is 26.5. The van der Waals surface area contributed by atoms with Crippen LogP contribution in [0, 0.1) is 0 Å². The fourth-order valence-electron chi connectivity index (χ4n) is 18.0. The van der Waals surface area contributed by atoms with Crippen LogP contribution < -0.4 is 84.9 Å². The quantitative estimate of drug-likeness (QED) is 0.0667. The molecule has 0 nitrogen and oxygen atoms in total. The standard InChI is InChI=1S/4C24H20P.Pt/c4*1-5-13-21(14-6-1)25(22-15-7-2-8-16-22,23-17-9-3-10-18-23)24-19-11-4-12-20-24;/h4*1-20H;/q4*+1;-4. The van der Waals surface area contributed by atoms with E-state index in [1.54, 1.807) is 0 Å². The molecule has 0 aromatic heterocycles. The predicted octanol–water partition coefficient (Wildman–Crippen LogP) is 17.2. The summed E-state index contributed by atoms with van der Waals surface area (Å²) in [6.07, 6.45) is 0. The summed E-state index contributed by atoms with van der Waals surface area (Å²) in [4.78, 5) is 0. The van der Waals surface area contributed by atoms with Crippen LogP contribution in [0.5, 0.6) is 0 Å². The molecule has 0 spiro atoms. The van der Waals surface area contributed by atoms with Gasteiger partial charge >= 0.3 is 603 Å². The van der Waals surface area contributed by atoms with E-state index in [2.05, 4.69) is 485 Å². The van der Waals surface area contributed by atoms with Gasteiger partial charge in [-0.05, 0) is 0 Å². The van der Waals surface area contributed by atoms with Crippen molar-refractivity contribution >= 4 is 104 Å². The van der Waals surface area contributed by atoms with Gasteiger partial charge in [-0.1, -0.05) is 0 Å². The molecule has 0 N–H and O–H groups in total. The molecule has 16 rings (SSSR count). The molecule has 101 heavy (non-hydrogen) atoms. The van der Waals surface area contributed by atoms with Crippen molar-refractivity contribution < 1.29 is 14.0 Å². The van der Waals surface area contributed by atoms with Gasteiger partial charge in [-0.2, -0.15) is 0 Å². The van der Waals surface area contributed by atoms with Crippen LogP contribution in [0.15, 0.2) is 485 Å². The van der Waals surface area contributed by atoms with E-state index < -0.39 is 32.8 Å². The van der Waals surface area contributed by atoms with Gasteiger partial charge in [0.05, 0.1) is 0 Å². The maximum absolute atomic E-state index is 7.10. The molecule has 0 atom stereocenters. The van der Waals surface area contributed by atoms with E-state index in [0.29, 0.717) is 0 Å². The number of rotatable bonds is 20. The number of benzene rings is 16. The third-order valence-electron chi connectivity index (χ3n) is 21.1. The van der Waals surface area contributed by atoms with Gasteiger partial charge in [-0.3, -0.25) is 0 Å². The molecular formula is C96H80P4Pt. The molecule has 494 valence electrons. The van der Waals surface area contributed by atoms with Crippen molar-refractivity contribution in [1.29, 1.82) is 0 Å². The summed E-state index contributed by atoms with van der Waals surface area (Å²) in [5, 5.41) is 20.8. The minimum atomic E-state index is -7.10. The Labute approximate surface area is 598 Å². The van der Waals surface area contributed by atoms with Crippen LogP contribution in [0.2, 0.25) is 0 Å². The Morgan fingerprint density at radius 3 is 0.208 bits per heavy atom. The summed E-state index contributed by atoms with van der Waals surface area (Å²) in [5.41, 5.74) is 0. The average molecular weight is 1550 g/mol. The third kappa shape index (κ3) is 8.05. The zero-order valence-electron chi connectivity index (χ0n) is 56.3. The maximum atomic E-state index is 2.66. The molecule has 0 saturated carbocycles. The monoisotopic (exact) mass is 1550 g/mol. The minimum absolute atomic E-state index is 1.30. The summed E-state index contributed by atoms with van der Waals surface area (Å²) >= 11 is -7.10. The van der Waals surface area contributed by atoms with Crippen LogP contribution in [0.4, 0.5) is 0 Å². The summed E-state index contributed by atoms with van der Waals surface area (Å²) in [5.74, 6) is 0. The van der Waals surface area contributed by atoms with Crippen molar-refractivity contribution in [2.75, 3.05) is 0 Å². The number of hydrogen-bond donors (Lipinski definition) is 0. The molecule has 0 saturated heterocycles. The summed E-state index contributed by atoms with van der Waals surface area (Å²) in [6.45, 7) is 0. The van der Waals surface area contributed by atoms with E-state index in [4.69, 9.17) is 0 Å². The molecule has 0 amide bonds. The molecule has 16 aromatic rings. The average Bonchev–Trinajstić information content (AvgIpc) is 0.563. The van der Waals surface area contributed by atoms with Crippen LogP contribution in [-0.2, 0) is 14.0 Å². The van der Waals surface area contributed by atoms with E-state index in [0.717, 1.165) is 0 Å². The van der Waals surface area contributed by atoms with Crippen molar-refractivity contribution in [2.45, 2.75) is 0 Å². The van der Waals surface area contributed by atoms with E-state index in [-0.39, 0.29) is 0 Å². The zero-order valence-corrected chi connectivity index (χ0v) is 62.1. The second-order valence-corrected chi connectivity index (χ2v) is 93.4. The Morgan fingerprint density at radius 2 is 0.149 bits per heavy atom. The molecule has 0 heterocycles. The van der Waals surface area contributed by atoms with Crippen molar-refractivity contribution in [3.05, 3.63) is 485 Å². The SMILES string of the molecule is c1ccc([P](c2ccccc2)(c2ccccc2)(c2ccccc2)[Pt]([P](c2ccccc2)(c2ccccc2)(c2ccccc2)c2ccccc2)([P](c2ccccc2)(c2ccccc2)(c2ccccc2)c2ccccc2)[P](c2ccccc2)(c2ccccc2)(c2ccccc2)c2ccccc2)cc1. The molecule has 16 aromatic carbocycles. The Hall–Kier alpha value is -10.1. The fraction of sp³-hybridized carbons (Fsp3) is 0. The van der Waals surface area contributed by atoms with Crippen LogP contribution in [0.1, 0.15) is 0 Å². The van der Waals surface area contributed by atoms with Gasteiger partial charge in [-0.15, -0.1) is 0 Å². The Bertz CT molecular complexity index is 4020. The predicted molar refractivity (Wildman–Crippen MR) is 445 cm³/mol. The molecule has 0 bridgehead atoms. The topological polar surface area (TPSA) is 0 Å². The van der Waals surface area contributed by atoms with E-state index in [9.17, 15) is 0 Å². The van der Waals surface area contributed by atoms with Crippen molar-refractivity contribution in [3.8, 4) is 0 Å². The fourth-order valence-corrected chi connectivity index (χ4v) is 291. The van der Waals surface area contributed by atoms with Gasteiger partial charge in [-0.25, -0.2) is 0 Å². The second-order valence-electron chi connectivity index (χ2n) is 25.6. The normalized spacial score (nSPS) is 14.4. The first kappa shape index (κ1) is 65.5. The summed E-state index contributed by atoms with van der Waals surface area (Å²) < 4.78 is -23.0. The van der Waals surface area contributed by atoms with Crippen LogP contribution in [0.25, 0.3) is 0 Å². The van der Waals surface area contributed by atoms with Gasteiger partial charge in [0.1, 0.15) is 0 Å². The molecule has 0 aliphatic carbocycles. The Kier molecular flexibility index (Phi) is 17.2. The van der Waals surface area contributed by atoms with Crippen molar-refractivity contribution in [2.24, 2.45) is 0 Å². The molecule has 0 unspecified atom stereocenters. The van der Waals surface area contributed by atoms with Gasteiger partial charge < -0.3 is 0 Å². The van der Waals surface area contributed by atoms with Gasteiger partial charge in [0, 0.05) is 0 Å². The first-order valence-electron chi connectivity index (χ1n) is 34.7. The van der Waals surface area contributed by atoms with Crippen LogP contribution in [0.3, 0.4) is 0 Å². The summed E-state index contributed by atoms with van der Waals surface area (Å²) in [7, 11) is 0. The van der Waals surface area contributed by atoms with E-state index in [1.165, 1.54) is 84.9 Å². The van der Waals surface area contributed by atoms with E-state index >= 15 is 0 Å². The summed E-state index contributed by atoms with van der Waals surface area (Å²) in [6, 6.07) is 199.